The Morgan fingerprint density at radius 2 is 2.00 bits per heavy atom. The van der Waals surface area contributed by atoms with E-state index in [2.05, 4.69) is 15.3 Å². The van der Waals surface area contributed by atoms with Crippen molar-refractivity contribution in [1.82, 2.24) is 15.3 Å². The molecule has 0 radical (unpaired) electrons. The number of rotatable bonds is 6. The van der Waals surface area contributed by atoms with Crippen molar-refractivity contribution < 1.29 is 18.7 Å². The molecule has 3 aromatic rings. The van der Waals surface area contributed by atoms with E-state index in [0.717, 1.165) is 16.9 Å². The second-order valence-electron chi connectivity index (χ2n) is 6.14. The largest absolute Gasteiger partial charge is 0.465 e. The third-order valence-corrected chi connectivity index (χ3v) is 5.24. The predicted molar refractivity (Wildman–Crippen MR) is 103 cm³/mol. The van der Waals surface area contributed by atoms with Gasteiger partial charge in [-0.15, -0.1) is 11.3 Å². The molecule has 7 nitrogen and oxygen atoms in total. The summed E-state index contributed by atoms with van der Waals surface area (Å²) >= 11 is 1.03. The van der Waals surface area contributed by atoms with E-state index in [1.165, 1.54) is 19.2 Å². The molecule has 2 aromatic heterocycles. The van der Waals surface area contributed by atoms with Gasteiger partial charge in [0.15, 0.2) is 0 Å². The molecular formula is C19H18FN3O4S. The maximum Gasteiger partial charge on any atom is 0.348 e. The predicted octanol–water partition coefficient (Wildman–Crippen LogP) is 2.12. The number of benzene rings is 1. The first kappa shape index (κ1) is 19.7. The Hall–Kier alpha value is -3.07. The number of methoxy groups -OCH3 is 1. The summed E-state index contributed by atoms with van der Waals surface area (Å²) in [6.07, 6.45) is 0.378. The quantitative estimate of drug-likeness (QED) is 0.614. The standard InChI is InChI=1S/C19H18FN3O4S/c1-10-22-17(25)15-13(16(19(26)27-2)28-18(15)23-10)9-14(24)21-8-7-11-3-5-12(20)6-4-11/h3-6H,7-9H2,1-2H3,(H,21,24)(H,22,23,25). The van der Waals surface area contributed by atoms with E-state index in [-0.39, 0.29) is 28.4 Å². The fourth-order valence-corrected chi connectivity index (χ4v) is 3.98. The normalized spacial score (nSPS) is 10.8. The minimum Gasteiger partial charge on any atom is -0.465 e. The molecule has 0 saturated heterocycles. The van der Waals surface area contributed by atoms with Crippen molar-refractivity contribution in [1.29, 1.82) is 0 Å². The third-order valence-electron chi connectivity index (χ3n) is 4.14. The van der Waals surface area contributed by atoms with E-state index < -0.39 is 11.5 Å². The van der Waals surface area contributed by atoms with Crippen molar-refractivity contribution in [2.45, 2.75) is 19.8 Å². The summed E-state index contributed by atoms with van der Waals surface area (Å²) in [7, 11) is 1.24. The van der Waals surface area contributed by atoms with Crippen molar-refractivity contribution in [3.05, 3.63) is 62.3 Å². The van der Waals surface area contributed by atoms with Crippen molar-refractivity contribution in [2.24, 2.45) is 0 Å². The van der Waals surface area contributed by atoms with Gasteiger partial charge in [0.2, 0.25) is 5.91 Å². The lowest BCUT2D eigenvalue weighted by Gasteiger charge is -2.06. The van der Waals surface area contributed by atoms with Gasteiger partial charge in [-0.1, -0.05) is 12.1 Å². The number of fused-ring (bicyclic) bond motifs is 1. The van der Waals surface area contributed by atoms with Gasteiger partial charge >= 0.3 is 5.97 Å². The van der Waals surface area contributed by atoms with Crippen LogP contribution in [0.2, 0.25) is 0 Å². The average Bonchev–Trinajstić information content (AvgIpc) is 3.01. The summed E-state index contributed by atoms with van der Waals surface area (Å²) in [4.78, 5) is 44.2. The average molecular weight is 403 g/mol. The molecule has 0 saturated carbocycles. The van der Waals surface area contributed by atoms with Crippen LogP contribution in [-0.2, 0) is 22.4 Å². The van der Waals surface area contributed by atoms with Gasteiger partial charge in [-0.3, -0.25) is 9.59 Å². The third kappa shape index (κ3) is 4.25. The number of carbonyl (C=O) groups is 2. The number of nitrogens with zero attached hydrogens (tertiary/aromatic N) is 1. The number of esters is 1. The van der Waals surface area contributed by atoms with Crippen LogP contribution in [0.15, 0.2) is 29.1 Å². The summed E-state index contributed by atoms with van der Waals surface area (Å²) in [5.74, 6) is -0.854. The van der Waals surface area contributed by atoms with Gasteiger partial charge in [-0.2, -0.15) is 0 Å². The number of ether oxygens (including phenoxy) is 1. The zero-order chi connectivity index (χ0) is 20.3. The van der Waals surface area contributed by atoms with E-state index in [1.807, 2.05) is 0 Å². The maximum atomic E-state index is 12.9. The molecule has 0 spiro atoms. The van der Waals surface area contributed by atoms with Crippen LogP contribution in [0.25, 0.3) is 10.2 Å². The van der Waals surface area contributed by atoms with Gasteiger partial charge in [0.1, 0.15) is 21.3 Å². The Balaban J connectivity index is 1.78. The van der Waals surface area contributed by atoms with Crippen LogP contribution in [0.4, 0.5) is 4.39 Å². The van der Waals surface area contributed by atoms with Crippen LogP contribution >= 0.6 is 11.3 Å². The highest BCUT2D eigenvalue weighted by Crippen LogP contribution is 2.28. The van der Waals surface area contributed by atoms with Gasteiger partial charge in [0.25, 0.3) is 5.56 Å². The van der Waals surface area contributed by atoms with Crippen molar-refractivity contribution in [3.63, 3.8) is 0 Å². The number of nitrogens with one attached hydrogen (secondary N) is 2. The lowest BCUT2D eigenvalue weighted by molar-refractivity contribution is -0.120. The Bertz CT molecular complexity index is 1090. The topological polar surface area (TPSA) is 101 Å². The molecular weight excluding hydrogens is 385 g/mol. The number of hydrogen-bond acceptors (Lipinski definition) is 6. The smallest absolute Gasteiger partial charge is 0.348 e. The number of hydrogen-bond donors (Lipinski definition) is 2. The van der Waals surface area contributed by atoms with Crippen LogP contribution in [0.3, 0.4) is 0 Å². The molecule has 0 unspecified atom stereocenters. The monoisotopic (exact) mass is 403 g/mol. The number of carbonyl (C=O) groups excluding carboxylic acids is 2. The molecule has 146 valence electrons. The highest BCUT2D eigenvalue weighted by atomic mass is 32.1. The fourth-order valence-electron chi connectivity index (χ4n) is 2.82. The number of aryl methyl sites for hydroxylation is 1. The Labute approximate surface area is 163 Å². The molecule has 1 aromatic carbocycles. The highest BCUT2D eigenvalue weighted by molar-refractivity contribution is 7.20. The molecule has 2 N–H and O–H groups in total. The summed E-state index contributed by atoms with van der Waals surface area (Å²) in [6, 6.07) is 6.02. The maximum absolute atomic E-state index is 12.9. The number of aromatic amines is 1. The molecule has 28 heavy (non-hydrogen) atoms. The van der Waals surface area contributed by atoms with E-state index in [9.17, 15) is 18.8 Å². The van der Waals surface area contributed by atoms with Crippen molar-refractivity contribution in [3.8, 4) is 0 Å². The van der Waals surface area contributed by atoms with E-state index >= 15 is 0 Å². The molecule has 0 bridgehead atoms. The van der Waals surface area contributed by atoms with Gasteiger partial charge in [-0.05, 0) is 31.0 Å². The first-order chi connectivity index (χ1) is 13.4. The number of halogens is 1. The molecule has 3 rings (SSSR count). The Morgan fingerprint density at radius 3 is 2.68 bits per heavy atom. The lowest BCUT2D eigenvalue weighted by atomic mass is 10.1. The van der Waals surface area contributed by atoms with Crippen LogP contribution in [0, 0.1) is 12.7 Å². The van der Waals surface area contributed by atoms with Gasteiger partial charge in [0, 0.05) is 12.1 Å². The summed E-state index contributed by atoms with van der Waals surface area (Å²) in [6.45, 7) is 1.98. The molecule has 0 aliphatic carbocycles. The summed E-state index contributed by atoms with van der Waals surface area (Å²) in [5, 5.41) is 2.98. The zero-order valence-corrected chi connectivity index (χ0v) is 16.1. The molecule has 9 heteroatoms. The Kier molecular flexibility index (Phi) is 5.84. The number of H-pyrrole nitrogens is 1. The number of amides is 1. The van der Waals surface area contributed by atoms with Crippen LogP contribution in [0.5, 0.6) is 0 Å². The Morgan fingerprint density at radius 1 is 1.29 bits per heavy atom. The first-order valence-corrected chi connectivity index (χ1v) is 9.32. The number of thiophene rings is 1. The van der Waals surface area contributed by atoms with Gasteiger partial charge < -0.3 is 15.0 Å². The number of aromatic nitrogens is 2. The molecule has 2 heterocycles. The molecule has 0 aliphatic rings. The summed E-state index contributed by atoms with van der Waals surface area (Å²) in [5.41, 5.74) is 0.789. The SMILES string of the molecule is COC(=O)c1sc2nc(C)[nH]c(=O)c2c1CC(=O)NCCc1ccc(F)cc1. The second kappa shape index (κ2) is 8.30. The van der Waals surface area contributed by atoms with E-state index in [4.69, 9.17) is 4.74 Å². The molecule has 1 amide bonds. The summed E-state index contributed by atoms with van der Waals surface area (Å²) < 4.78 is 17.7. The fraction of sp³-hybridized carbons (Fsp3) is 0.263. The molecule has 0 aliphatic heterocycles. The molecule has 0 atom stereocenters. The minimum atomic E-state index is -0.617. The highest BCUT2D eigenvalue weighted by Gasteiger charge is 2.24. The van der Waals surface area contributed by atoms with E-state index in [0.29, 0.717) is 29.2 Å². The second-order valence-corrected chi connectivity index (χ2v) is 7.14. The van der Waals surface area contributed by atoms with E-state index in [1.54, 1.807) is 19.1 Å². The lowest BCUT2D eigenvalue weighted by Crippen LogP contribution is -2.28. The van der Waals surface area contributed by atoms with Gasteiger partial charge in [0.05, 0.1) is 18.9 Å². The first-order valence-electron chi connectivity index (χ1n) is 8.50. The zero-order valence-electron chi connectivity index (χ0n) is 15.3. The van der Waals surface area contributed by atoms with Crippen molar-refractivity contribution >= 4 is 33.4 Å². The minimum absolute atomic E-state index is 0.151. The van der Waals surface area contributed by atoms with Crippen LogP contribution in [-0.4, -0.2) is 35.5 Å². The van der Waals surface area contributed by atoms with Crippen LogP contribution in [0.1, 0.15) is 26.6 Å². The van der Waals surface area contributed by atoms with Gasteiger partial charge in [-0.25, -0.2) is 14.2 Å². The van der Waals surface area contributed by atoms with Crippen molar-refractivity contribution in [2.75, 3.05) is 13.7 Å². The molecule has 0 fully saturated rings. The van der Waals surface area contributed by atoms with Crippen LogP contribution < -0.4 is 10.9 Å².